The van der Waals surface area contributed by atoms with Gasteiger partial charge in [0.2, 0.25) is 0 Å². The number of hydrogen-bond acceptors (Lipinski definition) is 5. The molecule has 1 heterocycles. The van der Waals surface area contributed by atoms with Crippen LogP contribution in [-0.4, -0.2) is 42.4 Å². The summed E-state index contributed by atoms with van der Waals surface area (Å²) in [6.07, 6.45) is 0.00413. The summed E-state index contributed by atoms with van der Waals surface area (Å²) >= 11 is 1.46. The Morgan fingerprint density at radius 1 is 1.41 bits per heavy atom. The van der Waals surface area contributed by atoms with Crippen molar-refractivity contribution >= 4 is 17.2 Å². The van der Waals surface area contributed by atoms with E-state index in [9.17, 15) is 9.90 Å². The number of aromatic nitrogens is 1. The van der Waals surface area contributed by atoms with Crippen molar-refractivity contribution in [1.29, 1.82) is 0 Å². The lowest BCUT2D eigenvalue weighted by Gasteiger charge is -2.09. The van der Waals surface area contributed by atoms with Crippen LogP contribution in [0, 0.1) is 6.92 Å². The average molecular weight is 320 g/mol. The Hall–Kier alpha value is -1.76. The smallest absolute Gasteiger partial charge is 0.270 e. The van der Waals surface area contributed by atoms with Crippen LogP contribution in [0.1, 0.15) is 26.6 Å². The number of amides is 1. The number of aliphatic hydroxyl groups excluding tert-OH is 1. The molecule has 0 radical (unpaired) electrons. The Kier molecular flexibility index (Phi) is 6.06. The molecule has 1 unspecified atom stereocenters. The molecule has 1 aromatic carbocycles. The van der Waals surface area contributed by atoms with E-state index in [0.29, 0.717) is 12.1 Å². The van der Waals surface area contributed by atoms with Crippen molar-refractivity contribution in [1.82, 2.24) is 10.3 Å². The van der Waals surface area contributed by atoms with E-state index in [1.807, 2.05) is 6.92 Å². The predicted octanol–water partition coefficient (Wildman–Crippen LogP) is 1.78. The fraction of sp³-hybridized carbons (Fsp3) is 0.375. The molecule has 6 heteroatoms. The SMILES string of the molecule is COCC(O)CNC(=O)c1csc(Cc2ccc(C)cc2)n1. The van der Waals surface area contributed by atoms with Crippen LogP contribution in [0.25, 0.3) is 0 Å². The second kappa shape index (κ2) is 8.03. The van der Waals surface area contributed by atoms with Crippen molar-refractivity contribution in [3.8, 4) is 0 Å². The maximum absolute atomic E-state index is 11.9. The minimum Gasteiger partial charge on any atom is -0.389 e. The highest BCUT2D eigenvalue weighted by atomic mass is 32.1. The number of carbonyl (C=O) groups excluding carboxylic acids is 1. The van der Waals surface area contributed by atoms with Crippen molar-refractivity contribution in [2.75, 3.05) is 20.3 Å². The van der Waals surface area contributed by atoms with Gasteiger partial charge in [0.15, 0.2) is 0 Å². The van der Waals surface area contributed by atoms with E-state index in [2.05, 4.69) is 34.6 Å². The summed E-state index contributed by atoms with van der Waals surface area (Å²) in [7, 11) is 1.50. The number of aryl methyl sites for hydroxylation is 1. The lowest BCUT2D eigenvalue weighted by Crippen LogP contribution is -2.34. The second-order valence-corrected chi connectivity index (χ2v) is 6.05. The van der Waals surface area contributed by atoms with Gasteiger partial charge in [-0.25, -0.2) is 4.98 Å². The van der Waals surface area contributed by atoms with E-state index in [4.69, 9.17) is 4.74 Å². The Morgan fingerprint density at radius 2 is 2.14 bits per heavy atom. The Labute approximate surface area is 134 Å². The van der Waals surface area contributed by atoms with Crippen LogP contribution >= 0.6 is 11.3 Å². The van der Waals surface area contributed by atoms with Gasteiger partial charge in [0, 0.05) is 25.5 Å². The summed E-state index contributed by atoms with van der Waals surface area (Å²) < 4.78 is 4.81. The zero-order valence-electron chi connectivity index (χ0n) is 12.7. The third-order valence-corrected chi connectivity index (χ3v) is 3.97. The van der Waals surface area contributed by atoms with Gasteiger partial charge in [-0.2, -0.15) is 0 Å². The van der Waals surface area contributed by atoms with Crippen molar-refractivity contribution in [2.24, 2.45) is 0 Å². The van der Waals surface area contributed by atoms with Crippen LogP contribution in [0.5, 0.6) is 0 Å². The van der Waals surface area contributed by atoms with Gasteiger partial charge in [-0.15, -0.1) is 11.3 Å². The number of hydrogen-bond donors (Lipinski definition) is 2. The third kappa shape index (κ3) is 4.91. The molecule has 0 fully saturated rings. The average Bonchev–Trinajstić information content (AvgIpc) is 2.96. The van der Waals surface area contributed by atoms with Crippen LogP contribution in [0.15, 0.2) is 29.6 Å². The van der Waals surface area contributed by atoms with Crippen molar-refractivity contribution in [3.63, 3.8) is 0 Å². The predicted molar refractivity (Wildman–Crippen MR) is 86.3 cm³/mol. The first kappa shape index (κ1) is 16.6. The summed E-state index contributed by atoms with van der Waals surface area (Å²) in [5.41, 5.74) is 2.77. The lowest BCUT2D eigenvalue weighted by atomic mass is 10.1. The minimum absolute atomic E-state index is 0.150. The van der Waals surface area contributed by atoms with Gasteiger partial charge in [0.05, 0.1) is 17.7 Å². The fourth-order valence-electron chi connectivity index (χ4n) is 1.93. The van der Waals surface area contributed by atoms with Gasteiger partial charge < -0.3 is 15.2 Å². The Balaban J connectivity index is 1.90. The van der Waals surface area contributed by atoms with Gasteiger partial charge in [-0.1, -0.05) is 29.8 Å². The van der Waals surface area contributed by atoms with E-state index in [1.54, 1.807) is 5.38 Å². The van der Waals surface area contributed by atoms with Crippen LogP contribution < -0.4 is 5.32 Å². The summed E-state index contributed by atoms with van der Waals surface area (Å²) in [5.74, 6) is -0.276. The molecule has 0 saturated carbocycles. The van der Waals surface area contributed by atoms with Crippen molar-refractivity contribution in [3.05, 3.63) is 51.5 Å². The number of aliphatic hydroxyl groups is 1. The molecule has 0 saturated heterocycles. The number of benzene rings is 1. The molecule has 2 aromatic rings. The molecule has 1 aromatic heterocycles. The molecular formula is C16H20N2O3S. The zero-order chi connectivity index (χ0) is 15.9. The van der Waals surface area contributed by atoms with E-state index in [1.165, 1.54) is 29.6 Å². The van der Waals surface area contributed by atoms with E-state index >= 15 is 0 Å². The molecule has 5 nitrogen and oxygen atoms in total. The first-order valence-corrected chi connectivity index (χ1v) is 7.91. The zero-order valence-corrected chi connectivity index (χ0v) is 13.5. The molecule has 0 aliphatic heterocycles. The molecule has 0 bridgehead atoms. The molecule has 0 aliphatic carbocycles. The molecule has 22 heavy (non-hydrogen) atoms. The van der Waals surface area contributed by atoms with Crippen molar-refractivity contribution in [2.45, 2.75) is 19.4 Å². The second-order valence-electron chi connectivity index (χ2n) is 5.11. The molecule has 0 spiro atoms. The molecule has 1 atom stereocenters. The lowest BCUT2D eigenvalue weighted by molar-refractivity contribution is 0.0609. The van der Waals surface area contributed by atoms with E-state index in [0.717, 1.165) is 5.01 Å². The summed E-state index contributed by atoms with van der Waals surface area (Å²) in [4.78, 5) is 16.3. The highest BCUT2D eigenvalue weighted by molar-refractivity contribution is 7.09. The molecule has 118 valence electrons. The molecule has 1 amide bonds. The van der Waals surface area contributed by atoms with Crippen LogP contribution in [0.4, 0.5) is 0 Å². The first-order valence-electron chi connectivity index (χ1n) is 7.03. The number of thiazole rings is 1. The number of carbonyl (C=O) groups is 1. The van der Waals surface area contributed by atoms with Gasteiger partial charge in [-0.05, 0) is 12.5 Å². The van der Waals surface area contributed by atoms with Crippen LogP contribution in [0.3, 0.4) is 0 Å². The number of methoxy groups -OCH3 is 1. The largest absolute Gasteiger partial charge is 0.389 e. The summed E-state index contributed by atoms with van der Waals surface area (Å²) in [6.45, 7) is 2.39. The van der Waals surface area contributed by atoms with Gasteiger partial charge >= 0.3 is 0 Å². The van der Waals surface area contributed by atoms with Gasteiger partial charge in [0.25, 0.3) is 5.91 Å². The monoisotopic (exact) mass is 320 g/mol. The van der Waals surface area contributed by atoms with Crippen LogP contribution in [-0.2, 0) is 11.2 Å². The van der Waals surface area contributed by atoms with Crippen molar-refractivity contribution < 1.29 is 14.6 Å². The molecular weight excluding hydrogens is 300 g/mol. The molecule has 2 N–H and O–H groups in total. The number of ether oxygens (including phenoxy) is 1. The fourth-order valence-corrected chi connectivity index (χ4v) is 2.74. The maximum Gasteiger partial charge on any atom is 0.270 e. The number of rotatable bonds is 7. The first-order chi connectivity index (χ1) is 10.6. The normalized spacial score (nSPS) is 12.1. The summed E-state index contributed by atoms with van der Waals surface area (Å²) in [5, 5.41) is 14.8. The highest BCUT2D eigenvalue weighted by Gasteiger charge is 2.12. The molecule has 0 aliphatic rings. The molecule has 2 rings (SSSR count). The topological polar surface area (TPSA) is 71.5 Å². The quantitative estimate of drug-likeness (QED) is 0.816. The highest BCUT2D eigenvalue weighted by Crippen LogP contribution is 2.15. The van der Waals surface area contributed by atoms with Gasteiger partial charge in [0.1, 0.15) is 5.69 Å². The minimum atomic E-state index is -0.709. The number of nitrogens with one attached hydrogen (secondary N) is 1. The maximum atomic E-state index is 11.9. The summed E-state index contributed by atoms with van der Waals surface area (Å²) in [6, 6.07) is 8.26. The van der Waals surface area contributed by atoms with E-state index in [-0.39, 0.29) is 19.1 Å². The third-order valence-electron chi connectivity index (χ3n) is 3.12. The Bertz CT molecular complexity index is 610. The standard InChI is InChI=1S/C16H20N2O3S/c1-11-3-5-12(6-4-11)7-15-18-14(10-22-15)16(20)17-8-13(19)9-21-2/h3-6,10,13,19H,7-9H2,1-2H3,(H,17,20). The number of nitrogens with zero attached hydrogens (tertiary/aromatic N) is 1. The van der Waals surface area contributed by atoms with E-state index < -0.39 is 6.10 Å². The Morgan fingerprint density at radius 3 is 2.82 bits per heavy atom. The van der Waals surface area contributed by atoms with Crippen LogP contribution in [0.2, 0.25) is 0 Å². The van der Waals surface area contributed by atoms with Gasteiger partial charge in [-0.3, -0.25) is 4.79 Å².